The zero-order valence-electron chi connectivity index (χ0n) is 13.5. The molecule has 1 aromatic heterocycles. The van der Waals surface area contributed by atoms with E-state index in [0.29, 0.717) is 5.92 Å². The number of nitrogens with one attached hydrogen (secondary N) is 1. The summed E-state index contributed by atoms with van der Waals surface area (Å²) < 4.78 is 1.03. The summed E-state index contributed by atoms with van der Waals surface area (Å²) in [6.45, 7) is 9.73. The molecular weight excluding hydrogens is 328 g/mol. The van der Waals surface area contributed by atoms with Crippen LogP contribution in [0, 0.1) is 5.92 Å². The highest BCUT2D eigenvalue weighted by molar-refractivity contribution is 9.10. The zero-order valence-corrected chi connectivity index (χ0v) is 15.0. The number of rotatable bonds is 6. The monoisotopic (exact) mass is 354 g/mol. The minimum atomic E-state index is 0.587. The smallest absolute Gasteiger partial charge is 0.227 e. The van der Waals surface area contributed by atoms with E-state index in [-0.39, 0.29) is 0 Å². The molecule has 4 nitrogen and oxygen atoms in total. The van der Waals surface area contributed by atoms with Crippen molar-refractivity contribution in [2.24, 2.45) is 5.92 Å². The van der Waals surface area contributed by atoms with E-state index in [1.54, 1.807) is 0 Å². The van der Waals surface area contributed by atoms with E-state index in [1.807, 2.05) is 0 Å². The van der Waals surface area contributed by atoms with Crippen LogP contribution in [0.15, 0.2) is 4.47 Å². The average molecular weight is 355 g/mol. The lowest BCUT2D eigenvalue weighted by molar-refractivity contribution is 0.564. The van der Waals surface area contributed by atoms with Crippen molar-refractivity contribution in [3.63, 3.8) is 0 Å². The number of halogens is 1. The minimum Gasteiger partial charge on any atom is -0.369 e. The first-order chi connectivity index (χ1) is 10.1. The number of nitrogens with zero attached hydrogens (tertiary/aromatic N) is 3. The van der Waals surface area contributed by atoms with Crippen molar-refractivity contribution in [2.75, 3.05) is 29.9 Å². The van der Waals surface area contributed by atoms with Crippen molar-refractivity contribution in [1.82, 2.24) is 9.97 Å². The van der Waals surface area contributed by atoms with Gasteiger partial charge in [0.15, 0.2) is 0 Å². The van der Waals surface area contributed by atoms with Crippen molar-refractivity contribution < 1.29 is 0 Å². The second kappa shape index (κ2) is 7.97. The number of hydrogen-bond acceptors (Lipinski definition) is 4. The Hall–Kier alpha value is -0.840. The Bertz CT molecular complexity index is 456. The summed E-state index contributed by atoms with van der Waals surface area (Å²) in [5.41, 5.74) is 1.12. The highest BCUT2D eigenvalue weighted by Gasteiger charge is 2.18. The standard InChI is InChI=1S/C16H27BrN4/c1-4-8-18-15-14(17)13(11-12(2)3)19-16(20-15)21-9-6-5-7-10-21/h12H,4-11H2,1-3H3,(H,18,19,20). The van der Waals surface area contributed by atoms with Gasteiger partial charge in [0.2, 0.25) is 5.95 Å². The lowest BCUT2D eigenvalue weighted by Crippen LogP contribution is -2.31. The molecular formula is C16H27BrN4. The maximum atomic E-state index is 4.83. The molecule has 0 radical (unpaired) electrons. The lowest BCUT2D eigenvalue weighted by Gasteiger charge is -2.28. The van der Waals surface area contributed by atoms with Gasteiger partial charge in [-0.1, -0.05) is 20.8 Å². The van der Waals surface area contributed by atoms with Crippen molar-refractivity contribution in [1.29, 1.82) is 0 Å². The molecule has 1 aliphatic rings. The van der Waals surface area contributed by atoms with E-state index in [1.165, 1.54) is 19.3 Å². The predicted molar refractivity (Wildman–Crippen MR) is 93.1 cm³/mol. The summed E-state index contributed by atoms with van der Waals surface area (Å²) >= 11 is 3.69. The first-order valence-corrected chi connectivity index (χ1v) is 8.96. The third-order valence-electron chi connectivity index (χ3n) is 3.69. The summed E-state index contributed by atoms with van der Waals surface area (Å²) in [6.07, 6.45) is 5.89. The van der Waals surface area contributed by atoms with Gasteiger partial charge in [0.1, 0.15) is 5.82 Å². The molecule has 1 aromatic rings. The lowest BCUT2D eigenvalue weighted by atomic mass is 10.1. The molecule has 0 aromatic carbocycles. The van der Waals surface area contributed by atoms with Crippen LogP contribution in [0.5, 0.6) is 0 Å². The molecule has 0 saturated carbocycles. The summed E-state index contributed by atoms with van der Waals surface area (Å²) in [4.78, 5) is 11.9. The number of piperidine rings is 1. The highest BCUT2D eigenvalue weighted by atomic mass is 79.9. The van der Waals surface area contributed by atoms with E-state index >= 15 is 0 Å². The largest absolute Gasteiger partial charge is 0.369 e. The molecule has 2 heterocycles. The van der Waals surface area contributed by atoms with Crippen LogP contribution < -0.4 is 10.2 Å². The summed E-state index contributed by atoms with van der Waals surface area (Å²) in [5, 5.41) is 3.43. The van der Waals surface area contributed by atoms with Gasteiger partial charge >= 0.3 is 0 Å². The van der Waals surface area contributed by atoms with E-state index in [2.05, 4.69) is 46.9 Å². The fraction of sp³-hybridized carbons (Fsp3) is 0.750. The van der Waals surface area contributed by atoms with Crippen LogP contribution in [0.25, 0.3) is 0 Å². The molecule has 5 heteroatoms. The van der Waals surface area contributed by atoms with E-state index in [4.69, 9.17) is 9.97 Å². The zero-order chi connectivity index (χ0) is 15.2. The van der Waals surface area contributed by atoms with Gasteiger partial charge < -0.3 is 10.2 Å². The molecule has 0 atom stereocenters. The first kappa shape index (κ1) is 16.5. The Morgan fingerprint density at radius 3 is 2.52 bits per heavy atom. The highest BCUT2D eigenvalue weighted by Crippen LogP contribution is 2.29. The van der Waals surface area contributed by atoms with Crippen LogP contribution in [0.4, 0.5) is 11.8 Å². The number of hydrogen-bond donors (Lipinski definition) is 1. The SMILES string of the molecule is CCCNc1nc(N2CCCCC2)nc(CC(C)C)c1Br. The molecule has 1 aliphatic heterocycles. The van der Waals surface area contributed by atoms with Crippen LogP contribution >= 0.6 is 15.9 Å². The average Bonchev–Trinajstić information content (AvgIpc) is 2.48. The summed E-state index contributed by atoms with van der Waals surface area (Å²) in [5.74, 6) is 2.43. The van der Waals surface area contributed by atoms with E-state index in [9.17, 15) is 0 Å². The van der Waals surface area contributed by atoms with Crippen molar-refractivity contribution in [3.8, 4) is 0 Å². The third-order valence-corrected chi connectivity index (χ3v) is 4.52. The molecule has 0 bridgehead atoms. The van der Waals surface area contributed by atoms with Crippen molar-refractivity contribution in [3.05, 3.63) is 10.2 Å². The quantitative estimate of drug-likeness (QED) is 0.828. The summed E-state index contributed by atoms with van der Waals surface area (Å²) in [7, 11) is 0. The first-order valence-electron chi connectivity index (χ1n) is 8.17. The van der Waals surface area contributed by atoms with Crippen LogP contribution in [-0.2, 0) is 6.42 Å². The Kier molecular flexibility index (Phi) is 6.27. The van der Waals surface area contributed by atoms with E-state index < -0.39 is 0 Å². The normalized spacial score (nSPS) is 15.6. The van der Waals surface area contributed by atoms with Crippen molar-refractivity contribution in [2.45, 2.75) is 52.9 Å². The fourth-order valence-electron chi connectivity index (χ4n) is 2.60. The van der Waals surface area contributed by atoms with Gasteiger partial charge in [0.25, 0.3) is 0 Å². The molecule has 0 aliphatic carbocycles. The van der Waals surface area contributed by atoms with Crippen LogP contribution in [-0.4, -0.2) is 29.6 Å². The van der Waals surface area contributed by atoms with Gasteiger partial charge in [-0.25, -0.2) is 4.98 Å². The van der Waals surface area contributed by atoms with Crippen LogP contribution in [0.1, 0.15) is 52.1 Å². The Labute approximate surface area is 136 Å². The second-order valence-electron chi connectivity index (χ2n) is 6.21. The Morgan fingerprint density at radius 2 is 1.90 bits per heavy atom. The molecule has 1 N–H and O–H groups in total. The van der Waals surface area contributed by atoms with Crippen molar-refractivity contribution >= 4 is 27.7 Å². The summed E-state index contributed by atoms with van der Waals surface area (Å²) in [6, 6.07) is 0. The fourth-order valence-corrected chi connectivity index (χ4v) is 3.08. The predicted octanol–water partition coefficient (Wildman–Crippen LogP) is 4.25. The van der Waals surface area contributed by atoms with Gasteiger partial charge in [-0.3, -0.25) is 0 Å². The molecule has 1 saturated heterocycles. The number of aromatic nitrogens is 2. The Balaban J connectivity index is 2.29. The number of anilines is 2. The van der Waals surface area contributed by atoms with Gasteiger partial charge in [-0.15, -0.1) is 0 Å². The topological polar surface area (TPSA) is 41.1 Å². The minimum absolute atomic E-state index is 0.587. The van der Waals surface area contributed by atoms with Gasteiger partial charge in [-0.05, 0) is 54.0 Å². The van der Waals surface area contributed by atoms with Crippen LogP contribution in [0.2, 0.25) is 0 Å². The maximum Gasteiger partial charge on any atom is 0.227 e. The second-order valence-corrected chi connectivity index (χ2v) is 7.00. The maximum absolute atomic E-state index is 4.83. The third kappa shape index (κ3) is 4.56. The van der Waals surface area contributed by atoms with Gasteiger partial charge in [-0.2, -0.15) is 4.98 Å². The van der Waals surface area contributed by atoms with E-state index in [0.717, 1.165) is 54.4 Å². The molecule has 0 spiro atoms. The molecule has 21 heavy (non-hydrogen) atoms. The molecule has 0 amide bonds. The molecule has 118 valence electrons. The molecule has 0 unspecified atom stereocenters. The molecule has 2 rings (SSSR count). The van der Waals surface area contributed by atoms with Gasteiger partial charge in [0, 0.05) is 19.6 Å². The Morgan fingerprint density at radius 1 is 1.19 bits per heavy atom. The van der Waals surface area contributed by atoms with Crippen LogP contribution in [0.3, 0.4) is 0 Å². The van der Waals surface area contributed by atoms with Gasteiger partial charge in [0.05, 0.1) is 10.2 Å². The molecule has 1 fully saturated rings.